The molecule has 0 atom stereocenters. The molecule has 8 heteroatoms. The van der Waals surface area contributed by atoms with Gasteiger partial charge in [-0.05, 0) is 63.1 Å². The molecule has 0 aliphatic carbocycles. The molecule has 180 valence electrons. The lowest BCUT2D eigenvalue weighted by Crippen LogP contribution is -2.39. The number of aliphatic imine (C=N–C) groups is 1. The van der Waals surface area contributed by atoms with Gasteiger partial charge in [-0.25, -0.2) is 4.79 Å². The van der Waals surface area contributed by atoms with Crippen LogP contribution in [-0.2, 0) is 9.53 Å². The minimum absolute atomic E-state index is 0.0126. The fourth-order valence-corrected chi connectivity index (χ4v) is 3.76. The molecule has 1 amide bonds. The predicted molar refractivity (Wildman–Crippen MR) is 135 cm³/mol. The van der Waals surface area contributed by atoms with Gasteiger partial charge in [-0.3, -0.25) is 9.79 Å². The number of H-pyrrole nitrogens is 1. The smallest absolute Gasteiger partial charge is 0.337 e. The van der Waals surface area contributed by atoms with Crippen LogP contribution >= 0.6 is 0 Å². The lowest BCUT2D eigenvalue weighted by Gasteiger charge is -2.26. The Morgan fingerprint density at radius 1 is 1.18 bits per heavy atom. The number of aromatic hydroxyl groups is 1. The van der Waals surface area contributed by atoms with Gasteiger partial charge in [0, 0.05) is 35.6 Å². The van der Waals surface area contributed by atoms with Crippen LogP contribution in [0.5, 0.6) is 5.88 Å². The molecule has 0 bridgehead atoms. The monoisotopic (exact) mass is 464 g/mol. The molecule has 0 spiro atoms. The van der Waals surface area contributed by atoms with E-state index in [0.717, 1.165) is 11.1 Å². The van der Waals surface area contributed by atoms with Crippen molar-refractivity contribution in [3.05, 3.63) is 53.6 Å². The van der Waals surface area contributed by atoms with Gasteiger partial charge >= 0.3 is 5.97 Å². The fourth-order valence-electron chi connectivity index (χ4n) is 3.76. The number of nitrogens with zero attached hydrogens (tertiary/aromatic N) is 2. The van der Waals surface area contributed by atoms with E-state index in [2.05, 4.69) is 4.98 Å². The lowest BCUT2D eigenvalue weighted by molar-refractivity contribution is -0.116. The Morgan fingerprint density at radius 2 is 1.85 bits per heavy atom. The number of carbonyl (C=O) groups is 2. The van der Waals surface area contributed by atoms with E-state index in [1.807, 2.05) is 45.0 Å². The SMILES string of the molecule is CCC(=Nc1ccc(N(CCC(C)(C)N)C(C)=O)cc1)c1c(O)[nH]c2cc(C(=O)OC)ccc12. The normalized spacial score (nSPS) is 12.1. The van der Waals surface area contributed by atoms with E-state index >= 15 is 0 Å². The first-order valence-corrected chi connectivity index (χ1v) is 11.2. The van der Waals surface area contributed by atoms with E-state index in [4.69, 9.17) is 15.5 Å². The summed E-state index contributed by atoms with van der Waals surface area (Å²) in [7, 11) is 1.33. The summed E-state index contributed by atoms with van der Waals surface area (Å²) in [6.07, 6.45) is 1.25. The average Bonchev–Trinajstić information content (AvgIpc) is 3.11. The van der Waals surface area contributed by atoms with Crippen LogP contribution in [0.25, 0.3) is 10.9 Å². The molecule has 3 aromatic rings. The van der Waals surface area contributed by atoms with Crippen LogP contribution in [0.15, 0.2) is 47.5 Å². The van der Waals surface area contributed by atoms with E-state index in [-0.39, 0.29) is 17.3 Å². The Labute approximate surface area is 199 Å². The van der Waals surface area contributed by atoms with E-state index in [9.17, 15) is 14.7 Å². The zero-order valence-electron chi connectivity index (χ0n) is 20.3. The molecule has 0 aliphatic rings. The van der Waals surface area contributed by atoms with Crippen LogP contribution in [-0.4, -0.2) is 46.9 Å². The van der Waals surface area contributed by atoms with Gasteiger partial charge < -0.3 is 25.5 Å². The van der Waals surface area contributed by atoms with E-state index in [1.54, 1.807) is 23.1 Å². The van der Waals surface area contributed by atoms with Crippen molar-refractivity contribution in [1.29, 1.82) is 0 Å². The van der Waals surface area contributed by atoms with Gasteiger partial charge in [0.2, 0.25) is 5.91 Å². The highest BCUT2D eigenvalue weighted by Crippen LogP contribution is 2.31. The minimum atomic E-state index is -0.448. The molecule has 0 radical (unpaired) electrons. The Kier molecular flexibility index (Phi) is 7.41. The molecule has 0 fully saturated rings. The van der Waals surface area contributed by atoms with Crippen molar-refractivity contribution < 1.29 is 19.4 Å². The first-order valence-electron chi connectivity index (χ1n) is 11.2. The number of benzene rings is 2. The summed E-state index contributed by atoms with van der Waals surface area (Å²) in [5, 5.41) is 11.4. The molecule has 0 unspecified atom stereocenters. The summed E-state index contributed by atoms with van der Waals surface area (Å²) >= 11 is 0. The Morgan fingerprint density at radius 3 is 2.41 bits per heavy atom. The van der Waals surface area contributed by atoms with E-state index in [0.29, 0.717) is 47.4 Å². The average molecular weight is 465 g/mol. The molecule has 0 saturated heterocycles. The van der Waals surface area contributed by atoms with Crippen molar-refractivity contribution in [2.75, 3.05) is 18.6 Å². The first kappa shape index (κ1) is 25.0. The van der Waals surface area contributed by atoms with Crippen LogP contribution in [0.1, 0.15) is 56.5 Å². The fraction of sp³-hybridized carbons (Fsp3) is 0.346. The van der Waals surface area contributed by atoms with Gasteiger partial charge in [-0.2, -0.15) is 0 Å². The molecule has 0 saturated carbocycles. The van der Waals surface area contributed by atoms with Crippen LogP contribution in [0, 0.1) is 0 Å². The summed E-state index contributed by atoms with van der Waals surface area (Å²) < 4.78 is 4.77. The van der Waals surface area contributed by atoms with Crippen molar-refractivity contribution in [2.45, 2.75) is 46.1 Å². The zero-order chi connectivity index (χ0) is 25.0. The number of aromatic nitrogens is 1. The van der Waals surface area contributed by atoms with Crippen molar-refractivity contribution in [1.82, 2.24) is 4.98 Å². The molecule has 2 aromatic carbocycles. The van der Waals surface area contributed by atoms with Crippen LogP contribution in [0.2, 0.25) is 0 Å². The quantitative estimate of drug-likeness (QED) is 0.330. The van der Waals surface area contributed by atoms with Gasteiger partial charge in [0.1, 0.15) is 0 Å². The second-order valence-corrected chi connectivity index (χ2v) is 8.94. The highest BCUT2D eigenvalue weighted by molar-refractivity contribution is 6.14. The molecule has 0 aliphatic heterocycles. The summed E-state index contributed by atoms with van der Waals surface area (Å²) in [4.78, 5) is 33.4. The number of amides is 1. The third kappa shape index (κ3) is 5.63. The van der Waals surface area contributed by atoms with Crippen LogP contribution in [0.3, 0.4) is 0 Å². The largest absolute Gasteiger partial charge is 0.494 e. The Hall–Kier alpha value is -3.65. The minimum Gasteiger partial charge on any atom is -0.494 e. The second kappa shape index (κ2) is 10.1. The number of esters is 1. The number of nitrogens with two attached hydrogens (primary N) is 1. The predicted octanol–water partition coefficient (Wildman–Crippen LogP) is 4.67. The highest BCUT2D eigenvalue weighted by Gasteiger charge is 2.19. The molecular weight excluding hydrogens is 432 g/mol. The molecule has 1 heterocycles. The number of anilines is 1. The van der Waals surface area contributed by atoms with Crippen molar-refractivity contribution in [3.8, 4) is 5.88 Å². The number of nitrogens with one attached hydrogen (secondary N) is 1. The summed E-state index contributed by atoms with van der Waals surface area (Å²) in [6.45, 7) is 7.90. The number of methoxy groups -OCH3 is 1. The van der Waals surface area contributed by atoms with Crippen LogP contribution in [0.4, 0.5) is 11.4 Å². The van der Waals surface area contributed by atoms with Gasteiger partial charge in [-0.1, -0.05) is 13.0 Å². The molecule has 3 rings (SSSR count). The van der Waals surface area contributed by atoms with Crippen molar-refractivity contribution >= 4 is 39.9 Å². The van der Waals surface area contributed by atoms with Gasteiger partial charge in [0.05, 0.1) is 29.6 Å². The molecule has 1 aromatic heterocycles. The summed E-state index contributed by atoms with van der Waals surface area (Å²) in [6, 6.07) is 12.5. The van der Waals surface area contributed by atoms with Gasteiger partial charge in [-0.15, -0.1) is 0 Å². The number of fused-ring (bicyclic) bond motifs is 1. The maximum atomic E-state index is 12.2. The third-order valence-electron chi connectivity index (χ3n) is 5.61. The van der Waals surface area contributed by atoms with Crippen molar-refractivity contribution in [3.63, 3.8) is 0 Å². The number of carbonyl (C=O) groups excluding carboxylic acids is 2. The number of hydrogen-bond donors (Lipinski definition) is 3. The molecule has 4 N–H and O–H groups in total. The number of aromatic amines is 1. The summed E-state index contributed by atoms with van der Waals surface area (Å²) in [5.74, 6) is -0.511. The Balaban J connectivity index is 1.92. The standard InChI is InChI=1S/C26H32N4O4/c1-6-21(23-20-12-7-17(25(33)34-5)15-22(20)29-24(23)32)28-18-8-10-19(11-9-18)30(16(2)31)14-13-26(3,4)27/h7-12,15,29,32H,6,13-14,27H2,1-5H3. The van der Waals surface area contributed by atoms with Crippen molar-refractivity contribution in [2.24, 2.45) is 10.7 Å². The number of rotatable bonds is 8. The molecule has 34 heavy (non-hydrogen) atoms. The maximum absolute atomic E-state index is 12.2. The highest BCUT2D eigenvalue weighted by atomic mass is 16.5. The van der Waals surface area contributed by atoms with Gasteiger partial charge in [0.25, 0.3) is 0 Å². The van der Waals surface area contributed by atoms with Gasteiger partial charge in [0.15, 0.2) is 5.88 Å². The number of ether oxygens (including phenoxy) is 1. The number of hydrogen-bond acceptors (Lipinski definition) is 6. The molecule has 8 nitrogen and oxygen atoms in total. The first-order chi connectivity index (χ1) is 16.0. The zero-order valence-corrected chi connectivity index (χ0v) is 20.3. The third-order valence-corrected chi connectivity index (χ3v) is 5.61. The summed E-state index contributed by atoms with van der Waals surface area (Å²) in [5.41, 5.74) is 9.48. The van der Waals surface area contributed by atoms with Crippen LogP contribution < -0.4 is 10.6 Å². The maximum Gasteiger partial charge on any atom is 0.337 e. The van der Waals surface area contributed by atoms with E-state index < -0.39 is 5.97 Å². The Bertz CT molecular complexity index is 1220. The van der Waals surface area contributed by atoms with E-state index in [1.165, 1.54) is 14.0 Å². The second-order valence-electron chi connectivity index (χ2n) is 8.94. The molecular formula is C26H32N4O4. The topological polar surface area (TPSA) is 121 Å². The lowest BCUT2D eigenvalue weighted by atomic mass is 10.0.